The second-order valence-electron chi connectivity index (χ2n) is 13.7. The van der Waals surface area contributed by atoms with E-state index >= 15 is 0 Å². The van der Waals surface area contributed by atoms with Gasteiger partial charge in [0.15, 0.2) is 0 Å². The minimum atomic E-state index is -4.64. The number of piperidine rings is 2. The molecular weight excluding hydrogens is 544 g/mol. The summed E-state index contributed by atoms with van der Waals surface area (Å²) in [5.74, 6) is -4.30. The fourth-order valence-corrected chi connectivity index (χ4v) is 8.24. The number of nitrogens with zero attached hydrogens (tertiary/aromatic N) is 3. The highest BCUT2D eigenvalue weighted by Crippen LogP contribution is 2.48. The predicted molar refractivity (Wildman–Crippen MR) is 148 cm³/mol. The van der Waals surface area contributed by atoms with Crippen LogP contribution in [0.15, 0.2) is 0 Å². The Kier molecular flexibility index (Phi) is 11.4. The molecule has 4 rings (SSSR count). The molecule has 2 aliphatic heterocycles. The third-order valence-corrected chi connectivity index (χ3v) is 10.6. The van der Waals surface area contributed by atoms with Gasteiger partial charge in [-0.15, -0.1) is 0 Å². The van der Waals surface area contributed by atoms with Crippen molar-refractivity contribution in [2.45, 2.75) is 134 Å². The average Bonchev–Trinajstić information content (AvgIpc) is 2.93. The first-order valence-corrected chi connectivity index (χ1v) is 16.3. The van der Waals surface area contributed by atoms with E-state index in [0.717, 1.165) is 64.7 Å². The second-order valence-corrected chi connectivity index (χ2v) is 13.7. The van der Waals surface area contributed by atoms with E-state index in [-0.39, 0.29) is 49.7 Å². The first-order chi connectivity index (χ1) is 19.3. The van der Waals surface area contributed by atoms with Crippen molar-refractivity contribution in [2.75, 3.05) is 32.7 Å². The molecular formula is C31H51F6N3O. The SMILES string of the molecule is CC(C)N(CCC1CC(C(F)(F)F)CC(C(F)(F)F)C1)C(=O)C(C1CCCCC1)N1CCC(N2CCCCC2)CC1. The zero-order valence-electron chi connectivity index (χ0n) is 25.0. The van der Waals surface area contributed by atoms with Gasteiger partial charge in [-0.05, 0) is 103 Å². The zero-order chi connectivity index (χ0) is 29.8. The smallest absolute Gasteiger partial charge is 0.339 e. The number of carbonyl (C=O) groups is 1. The van der Waals surface area contributed by atoms with Crippen molar-refractivity contribution in [3.05, 3.63) is 0 Å². The van der Waals surface area contributed by atoms with Crippen LogP contribution in [0.2, 0.25) is 0 Å². The molecule has 0 N–H and O–H groups in total. The highest BCUT2D eigenvalue weighted by Gasteiger charge is 2.52. The lowest BCUT2D eigenvalue weighted by Crippen LogP contribution is -2.58. The number of rotatable bonds is 8. The summed E-state index contributed by atoms with van der Waals surface area (Å²) in [6.45, 7) is 8.08. The Balaban J connectivity index is 1.44. The lowest BCUT2D eigenvalue weighted by atomic mass is 9.73. The van der Waals surface area contributed by atoms with Gasteiger partial charge >= 0.3 is 12.4 Å². The molecule has 3 atom stereocenters. The van der Waals surface area contributed by atoms with E-state index in [1.165, 1.54) is 25.7 Å². The molecule has 0 aromatic heterocycles. The molecule has 4 aliphatic rings. The second kappa shape index (κ2) is 14.2. The van der Waals surface area contributed by atoms with Crippen LogP contribution in [-0.4, -0.2) is 83.8 Å². The van der Waals surface area contributed by atoms with Gasteiger partial charge in [-0.3, -0.25) is 9.69 Å². The molecule has 0 radical (unpaired) electrons. The molecule has 2 aliphatic carbocycles. The Morgan fingerprint density at radius 1 is 0.756 bits per heavy atom. The third kappa shape index (κ3) is 8.76. The molecule has 4 fully saturated rings. The van der Waals surface area contributed by atoms with Gasteiger partial charge in [0.05, 0.1) is 17.9 Å². The Morgan fingerprint density at radius 3 is 1.80 bits per heavy atom. The van der Waals surface area contributed by atoms with Crippen LogP contribution < -0.4 is 0 Å². The number of halogens is 6. The Hall–Kier alpha value is -1.03. The maximum Gasteiger partial charge on any atom is 0.391 e. The van der Waals surface area contributed by atoms with Crippen molar-refractivity contribution in [3.8, 4) is 0 Å². The van der Waals surface area contributed by atoms with Crippen LogP contribution in [-0.2, 0) is 4.79 Å². The van der Waals surface area contributed by atoms with Crippen molar-refractivity contribution < 1.29 is 31.1 Å². The molecule has 0 bridgehead atoms. The van der Waals surface area contributed by atoms with Gasteiger partial charge in [-0.2, -0.15) is 26.3 Å². The van der Waals surface area contributed by atoms with Crippen LogP contribution >= 0.6 is 0 Å². The van der Waals surface area contributed by atoms with Crippen LogP contribution in [0.25, 0.3) is 0 Å². The summed E-state index contributed by atoms with van der Waals surface area (Å²) in [5.41, 5.74) is 0. The summed E-state index contributed by atoms with van der Waals surface area (Å²) in [6.07, 6.45) is 0.694. The molecule has 0 aromatic carbocycles. The van der Waals surface area contributed by atoms with Gasteiger partial charge < -0.3 is 9.80 Å². The van der Waals surface area contributed by atoms with E-state index in [2.05, 4.69) is 9.80 Å². The number of hydrogen-bond acceptors (Lipinski definition) is 3. The highest BCUT2D eigenvalue weighted by molar-refractivity contribution is 5.82. The summed E-state index contributed by atoms with van der Waals surface area (Å²) in [6, 6.07) is 0.140. The zero-order valence-corrected chi connectivity index (χ0v) is 25.0. The normalized spacial score (nSPS) is 29.5. The highest BCUT2D eigenvalue weighted by atomic mass is 19.4. The van der Waals surface area contributed by atoms with Gasteiger partial charge in [0.2, 0.25) is 5.91 Å². The van der Waals surface area contributed by atoms with Gasteiger partial charge in [0.25, 0.3) is 0 Å². The van der Waals surface area contributed by atoms with Gasteiger partial charge in [0.1, 0.15) is 0 Å². The summed E-state index contributed by atoms with van der Waals surface area (Å²) >= 11 is 0. The van der Waals surface area contributed by atoms with Crippen molar-refractivity contribution in [1.82, 2.24) is 14.7 Å². The van der Waals surface area contributed by atoms with Crippen molar-refractivity contribution >= 4 is 5.91 Å². The van der Waals surface area contributed by atoms with Crippen LogP contribution in [0.1, 0.15) is 104 Å². The maximum atomic E-state index is 14.3. The number of amides is 1. The first-order valence-electron chi connectivity index (χ1n) is 16.3. The largest absolute Gasteiger partial charge is 0.391 e. The van der Waals surface area contributed by atoms with Gasteiger partial charge in [-0.1, -0.05) is 25.7 Å². The first kappa shape index (κ1) is 32.9. The molecule has 2 saturated heterocycles. The van der Waals surface area contributed by atoms with Gasteiger partial charge in [-0.25, -0.2) is 0 Å². The monoisotopic (exact) mass is 595 g/mol. The van der Waals surface area contributed by atoms with Crippen LogP contribution in [0.3, 0.4) is 0 Å². The number of hydrogen-bond donors (Lipinski definition) is 0. The molecule has 238 valence electrons. The molecule has 0 aromatic rings. The standard InChI is InChI=1S/C31H51F6N3O/c1-22(2)40(18-11-23-19-25(30(32,33)34)21-26(20-23)31(35,36)37)29(41)28(24-9-5-3-6-10-24)39-16-12-27(13-17-39)38-14-7-4-8-15-38/h22-28H,3-21H2,1-2H3. The quantitative estimate of drug-likeness (QED) is 0.270. The Bertz CT molecular complexity index is 792. The predicted octanol–water partition coefficient (Wildman–Crippen LogP) is 7.67. The number of carbonyl (C=O) groups excluding carboxylic acids is 1. The maximum absolute atomic E-state index is 14.3. The molecule has 41 heavy (non-hydrogen) atoms. The molecule has 2 saturated carbocycles. The number of likely N-dealkylation sites (tertiary alicyclic amines) is 2. The topological polar surface area (TPSA) is 26.8 Å². The molecule has 3 unspecified atom stereocenters. The lowest BCUT2D eigenvalue weighted by molar-refractivity contribution is -0.229. The average molecular weight is 596 g/mol. The molecule has 2 heterocycles. The van der Waals surface area contributed by atoms with Crippen molar-refractivity contribution in [3.63, 3.8) is 0 Å². The van der Waals surface area contributed by atoms with E-state index < -0.39 is 36.5 Å². The number of alkyl halides is 6. The Labute approximate surface area is 242 Å². The van der Waals surface area contributed by atoms with Crippen LogP contribution in [0.5, 0.6) is 0 Å². The van der Waals surface area contributed by atoms with E-state index in [0.29, 0.717) is 6.04 Å². The Morgan fingerprint density at radius 2 is 1.29 bits per heavy atom. The summed E-state index contributed by atoms with van der Waals surface area (Å²) in [5, 5.41) is 0. The van der Waals surface area contributed by atoms with Crippen LogP contribution in [0.4, 0.5) is 26.3 Å². The third-order valence-electron chi connectivity index (χ3n) is 10.6. The van der Waals surface area contributed by atoms with Crippen molar-refractivity contribution in [2.24, 2.45) is 23.7 Å². The minimum Gasteiger partial charge on any atom is -0.339 e. The van der Waals surface area contributed by atoms with E-state index in [1.807, 2.05) is 13.8 Å². The molecule has 0 spiro atoms. The van der Waals surface area contributed by atoms with Gasteiger partial charge in [0, 0.05) is 31.7 Å². The van der Waals surface area contributed by atoms with E-state index in [9.17, 15) is 31.1 Å². The molecule has 10 heteroatoms. The summed E-state index contributed by atoms with van der Waals surface area (Å²) in [4.78, 5) is 21.1. The minimum absolute atomic E-state index is 0.0267. The fraction of sp³-hybridized carbons (Fsp3) is 0.968. The van der Waals surface area contributed by atoms with E-state index in [4.69, 9.17) is 0 Å². The lowest BCUT2D eigenvalue weighted by Gasteiger charge is -2.46. The summed E-state index contributed by atoms with van der Waals surface area (Å²) in [7, 11) is 0. The summed E-state index contributed by atoms with van der Waals surface area (Å²) < 4.78 is 81.3. The molecule has 1 amide bonds. The molecule has 4 nitrogen and oxygen atoms in total. The van der Waals surface area contributed by atoms with Crippen molar-refractivity contribution in [1.29, 1.82) is 0 Å². The fourth-order valence-electron chi connectivity index (χ4n) is 8.24. The van der Waals surface area contributed by atoms with E-state index in [1.54, 1.807) is 4.90 Å². The van der Waals surface area contributed by atoms with Crippen LogP contribution in [0, 0.1) is 23.7 Å².